The van der Waals surface area contributed by atoms with Crippen molar-refractivity contribution in [3.05, 3.63) is 36.0 Å². The molecule has 34 heavy (non-hydrogen) atoms. The number of ether oxygens (including phenoxy) is 1. The number of nitrogens with one attached hydrogen (secondary N) is 3. The summed E-state index contributed by atoms with van der Waals surface area (Å²) in [6.45, 7) is 2.76. The molecule has 12 heteroatoms. The molecule has 0 aliphatic carbocycles. The number of carboxylic acid groups (broad SMARTS) is 1. The first-order valence-electron chi connectivity index (χ1n) is 10.7. The number of carbonyl (C=O) groups is 3. The summed E-state index contributed by atoms with van der Waals surface area (Å²) in [7, 11) is 1.62. The molecule has 1 aromatic heterocycles. The van der Waals surface area contributed by atoms with Crippen molar-refractivity contribution in [2.45, 2.75) is 50.6 Å². The molecule has 1 aromatic carbocycles. The molecule has 0 radical (unpaired) electrons. The van der Waals surface area contributed by atoms with Crippen LogP contribution in [-0.2, 0) is 25.5 Å². The summed E-state index contributed by atoms with van der Waals surface area (Å²) < 4.78 is 37.3. The molecule has 188 valence electrons. The first kappa shape index (κ1) is 27.1. The van der Waals surface area contributed by atoms with Crippen LogP contribution in [0, 0.1) is 5.92 Å². The third-order valence-electron chi connectivity index (χ3n) is 5.67. The third-order valence-corrected chi connectivity index (χ3v) is 5.67. The molecule has 1 fully saturated rings. The molecule has 2 heterocycles. The predicted octanol–water partition coefficient (Wildman–Crippen LogP) is 1.72. The van der Waals surface area contributed by atoms with E-state index in [1.165, 1.54) is 0 Å². The lowest BCUT2D eigenvalue weighted by Crippen LogP contribution is -2.52. The highest BCUT2D eigenvalue weighted by Gasteiger charge is 2.38. The minimum atomic E-state index is -5.08. The number of nitrogens with two attached hydrogens (primary N) is 1. The van der Waals surface area contributed by atoms with E-state index in [9.17, 15) is 22.8 Å². The number of alkyl halides is 3. The van der Waals surface area contributed by atoms with Crippen LogP contribution in [0.4, 0.5) is 13.2 Å². The van der Waals surface area contributed by atoms with Gasteiger partial charge in [0.25, 0.3) is 0 Å². The Labute approximate surface area is 194 Å². The topological polar surface area (TPSA) is 147 Å². The Morgan fingerprint density at radius 2 is 1.94 bits per heavy atom. The summed E-state index contributed by atoms with van der Waals surface area (Å²) >= 11 is 0. The molecule has 9 nitrogen and oxygen atoms in total. The van der Waals surface area contributed by atoms with Crippen molar-refractivity contribution in [3.8, 4) is 0 Å². The van der Waals surface area contributed by atoms with Gasteiger partial charge in [-0.15, -0.1) is 0 Å². The van der Waals surface area contributed by atoms with E-state index in [0.717, 1.165) is 35.9 Å². The van der Waals surface area contributed by atoms with Gasteiger partial charge in [-0.05, 0) is 31.0 Å². The zero-order valence-corrected chi connectivity index (χ0v) is 18.8. The number of aromatic nitrogens is 1. The summed E-state index contributed by atoms with van der Waals surface area (Å²) in [4.78, 5) is 36.8. The lowest BCUT2D eigenvalue weighted by Gasteiger charge is -2.28. The van der Waals surface area contributed by atoms with Crippen LogP contribution in [0.5, 0.6) is 0 Å². The lowest BCUT2D eigenvalue weighted by atomic mass is 9.95. The van der Waals surface area contributed by atoms with E-state index >= 15 is 0 Å². The van der Waals surface area contributed by atoms with Gasteiger partial charge in [-0.1, -0.05) is 25.1 Å². The molecule has 0 spiro atoms. The second-order valence-corrected chi connectivity index (χ2v) is 8.02. The molecule has 1 aliphatic heterocycles. The fourth-order valence-corrected chi connectivity index (χ4v) is 3.90. The highest BCUT2D eigenvalue weighted by molar-refractivity contribution is 5.89. The van der Waals surface area contributed by atoms with E-state index in [4.69, 9.17) is 20.4 Å². The van der Waals surface area contributed by atoms with E-state index in [1.54, 1.807) is 7.11 Å². The van der Waals surface area contributed by atoms with Gasteiger partial charge in [-0.2, -0.15) is 13.2 Å². The molecule has 2 aromatic rings. The fourth-order valence-electron chi connectivity index (χ4n) is 3.90. The van der Waals surface area contributed by atoms with Gasteiger partial charge in [0.05, 0.1) is 12.0 Å². The van der Waals surface area contributed by atoms with Crippen LogP contribution in [0.3, 0.4) is 0 Å². The highest BCUT2D eigenvalue weighted by atomic mass is 19.4. The normalized spacial score (nSPS) is 18.4. The standard InChI is InChI=1S/C20H28N4O3.C2HF3O2/c1-12(18(27-2)16-8-5-9-22-16)20(26)24-17(19(21)25)10-13-11-23-15-7-4-3-6-14(13)15;3-2(4,5)1(6)7/h3-4,6-7,11-12,16-18,22-23H,5,8-10H2,1-2H3,(H2,21,25)(H,24,26);(H,6,7)/t12-,16+,17+,18-;/m1./s1. The molecular weight excluding hydrogens is 457 g/mol. The maximum Gasteiger partial charge on any atom is 0.490 e. The number of hydrogen-bond donors (Lipinski definition) is 5. The molecule has 6 N–H and O–H groups in total. The molecule has 0 saturated carbocycles. The van der Waals surface area contributed by atoms with Crippen LogP contribution in [0.15, 0.2) is 30.5 Å². The summed E-state index contributed by atoms with van der Waals surface area (Å²) in [5.74, 6) is -3.92. The Balaban J connectivity index is 0.000000509. The average Bonchev–Trinajstić information content (AvgIpc) is 3.44. The lowest BCUT2D eigenvalue weighted by molar-refractivity contribution is -0.192. The number of carboxylic acids is 1. The average molecular weight is 486 g/mol. The van der Waals surface area contributed by atoms with Gasteiger partial charge in [0.1, 0.15) is 6.04 Å². The van der Waals surface area contributed by atoms with Crippen LogP contribution in [0.25, 0.3) is 10.9 Å². The zero-order chi connectivity index (χ0) is 25.5. The molecule has 1 saturated heterocycles. The molecule has 0 bridgehead atoms. The number of amides is 2. The van der Waals surface area contributed by atoms with Crippen molar-refractivity contribution in [2.24, 2.45) is 11.7 Å². The Kier molecular flexibility index (Phi) is 9.45. The quantitative estimate of drug-likeness (QED) is 0.384. The number of benzene rings is 1. The Morgan fingerprint density at radius 3 is 2.47 bits per heavy atom. The second kappa shape index (κ2) is 11.8. The van der Waals surface area contributed by atoms with Gasteiger partial charge >= 0.3 is 12.1 Å². The minimum absolute atomic E-state index is 0.149. The SMILES string of the molecule is CO[C@@H]([C@@H]1CCCN1)[C@@H](C)C(=O)N[C@@H](Cc1c[nH]c2ccccc12)C(N)=O.O=C(O)C(F)(F)F. The van der Waals surface area contributed by atoms with Crippen molar-refractivity contribution in [3.63, 3.8) is 0 Å². The van der Waals surface area contributed by atoms with Crippen LogP contribution in [0.1, 0.15) is 25.3 Å². The number of carbonyl (C=O) groups excluding carboxylic acids is 2. The number of halogens is 3. The number of fused-ring (bicyclic) bond motifs is 1. The number of primary amides is 1. The van der Waals surface area contributed by atoms with Crippen LogP contribution in [0.2, 0.25) is 0 Å². The van der Waals surface area contributed by atoms with Gasteiger partial charge in [0.15, 0.2) is 0 Å². The maximum atomic E-state index is 12.8. The smallest absolute Gasteiger partial charge is 0.475 e. The van der Waals surface area contributed by atoms with Crippen LogP contribution in [-0.4, -0.2) is 65.9 Å². The molecule has 0 unspecified atom stereocenters. The molecule has 4 atom stereocenters. The van der Waals surface area contributed by atoms with E-state index < -0.39 is 30.0 Å². The van der Waals surface area contributed by atoms with Crippen molar-refractivity contribution in [1.29, 1.82) is 0 Å². The van der Waals surface area contributed by atoms with Gasteiger partial charge in [0, 0.05) is 36.7 Å². The second-order valence-electron chi connectivity index (χ2n) is 8.02. The van der Waals surface area contributed by atoms with Gasteiger partial charge in [0.2, 0.25) is 11.8 Å². The predicted molar refractivity (Wildman–Crippen MR) is 118 cm³/mol. The molecule has 2 amide bonds. The minimum Gasteiger partial charge on any atom is -0.475 e. The largest absolute Gasteiger partial charge is 0.490 e. The summed E-state index contributed by atoms with van der Waals surface area (Å²) in [6, 6.07) is 7.22. The van der Waals surface area contributed by atoms with Gasteiger partial charge in [-0.25, -0.2) is 4.79 Å². The number of aliphatic carboxylic acids is 1. The van der Waals surface area contributed by atoms with E-state index in [-0.39, 0.29) is 18.1 Å². The van der Waals surface area contributed by atoms with Crippen LogP contribution < -0.4 is 16.4 Å². The summed E-state index contributed by atoms with van der Waals surface area (Å²) in [5, 5.41) is 14.3. The van der Waals surface area contributed by atoms with Crippen molar-refractivity contribution in [1.82, 2.24) is 15.6 Å². The van der Waals surface area contributed by atoms with Crippen molar-refractivity contribution in [2.75, 3.05) is 13.7 Å². The number of methoxy groups -OCH3 is 1. The first-order valence-corrected chi connectivity index (χ1v) is 10.7. The number of aromatic amines is 1. The number of para-hydroxylation sites is 1. The highest BCUT2D eigenvalue weighted by Crippen LogP contribution is 2.21. The molecule has 3 rings (SSSR count). The van der Waals surface area contributed by atoms with E-state index in [2.05, 4.69) is 15.6 Å². The van der Waals surface area contributed by atoms with Gasteiger partial charge < -0.3 is 31.2 Å². The summed E-state index contributed by atoms with van der Waals surface area (Å²) in [6.07, 6.45) is -1.07. The Hall–Kier alpha value is -3.12. The first-order chi connectivity index (χ1) is 16.0. The Morgan fingerprint density at radius 1 is 1.29 bits per heavy atom. The third kappa shape index (κ3) is 7.19. The number of rotatable bonds is 8. The van der Waals surface area contributed by atoms with Gasteiger partial charge in [-0.3, -0.25) is 9.59 Å². The maximum absolute atomic E-state index is 12.8. The number of H-pyrrole nitrogens is 1. The number of hydrogen-bond acceptors (Lipinski definition) is 5. The summed E-state index contributed by atoms with van der Waals surface area (Å²) in [5.41, 5.74) is 7.50. The van der Waals surface area contributed by atoms with E-state index in [1.807, 2.05) is 37.4 Å². The van der Waals surface area contributed by atoms with Crippen LogP contribution >= 0.6 is 0 Å². The molecule has 1 aliphatic rings. The monoisotopic (exact) mass is 486 g/mol. The van der Waals surface area contributed by atoms with Crippen molar-refractivity contribution >= 4 is 28.7 Å². The molecular formula is C22H29F3N4O5. The van der Waals surface area contributed by atoms with Crippen molar-refractivity contribution < 1.29 is 37.4 Å². The fraction of sp³-hybridized carbons (Fsp3) is 0.500. The Bertz CT molecular complexity index is 988. The van der Waals surface area contributed by atoms with E-state index in [0.29, 0.717) is 6.42 Å². The zero-order valence-electron chi connectivity index (χ0n) is 18.8.